The van der Waals surface area contributed by atoms with Gasteiger partial charge in [0.25, 0.3) is 0 Å². The highest BCUT2D eigenvalue weighted by atomic mass is 16.5. The van der Waals surface area contributed by atoms with Crippen molar-refractivity contribution in [2.24, 2.45) is 0 Å². The van der Waals surface area contributed by atoms with Gasteiger partial charge in [-0.3, -0.25) is 4.79 Å². The molecule has 0 heterocycles. The number of rotatable bonds is 13. The summed E-state index contributed by atoms with van der Waals surface area (Å²) in [6.07, 6.45) is 9.94. The first-order valence-electron chi connectivity index (χ1n) is 9.71. The third kappa shape index (κ3) is 7.73. The van der Waals surface area contributed by atoms with Crippen LogP contribution in [-0.2, 0) is 6.42 Å². The Morgan fingerprint density at radius 2 is 1.27 bits per heavy atom. The molecule has 0 radical (unpaired) electrons. The molecule has 2 rings (SSSR count). The number of carbonyl (C=O) groups excluding carboxylic acids is 1. The van der Waals surface area contributed by atoms with Crippen LogP contribution in [-0.4, -0.2) is 19.5 Å². The van der Waals surface area contributed by atoms with E-state index in [2.05, 4.69) is 19.1 Å². The number of hydrogen-bond acceptors (Lipinski definition) is 3. The monoisotopic (exact) mass is 354 g/mol. The van der Waals surface area contributed by atoms with Gasteiger partial charge >= 0.3 is 0 Å². The van der Waals surface area contributed by atoms with Crippen LogP contribution in [0.3, 0.4) is 0 Å². The van der Waals surface area contributed by atoms with E-state index in [1.165, 1.54) is 44.1 Å². The first-order chi connectivity index (χ1) is 12.8. The van der Waals surface area contributed by atoms with Crippen LogP contribution < -0.4 is 9.47 Å². The van der Waals surface area contributed by atoms with E-state index in [1.54, 1.807) is 24.3 Å². The van der Waals surface area contributed by atoms with Crippen LogP contribution in [0.1, 0.15) is 61.4 Å². The van der Waals surface area contributed by atoms with Gasteiger partial charge in [-0.1, -0.05) is 51.2 Å². The fourth-order valence-corrected chi connectivity index (χ4v) is 2.82. The van der Waals surface area contributed by atoms with Crippen LogP contribution >= 0.6 is 0 Å². The molecule has 0 unspecified atom stereocenters. The molecule has 0 amide bonds. The molecular weight excluding hydrogens is 324 g/mol. The van der Waals surface area contributed by atoms with Crippen molar-refractivity contribution in [3.8, 4) is 11.5 Å². The predicted octanol–water partition coefficient (Wildman–Crippen LogP) is 5.86. The van der Waals surface area contributed by atoms with Crippen LogP contribution in [0.2, 0.25) is 0 Å². The average Bonchev–Trinajstić information content (AvgIpc) is 2.69. The zero-order valence-electron chi connectivity index (χ0n) is 15.8. The Balaban J connectivity index is 1.60. The van der Waals surface area contributed by atoms with E-state index in [0.29, 0.717) is 18.8 Å². The molecule has 0 aromatic heterocycles. The number of ether oxygens (including phenoxy) is 2. The van der Waals surface area contributed by atoms with Crippen molar-refractivity contribution >= 4 is 6.29 Å². The highest BCUT2D eigenvalue weighted by molar-refractivity contribution is 5.74. The number of unbranched alkanes of at least 4 members (excludes halogenated alkanes) is 5. The van der Waals surface area contributed by atoms with Gasteiger partial charge < -0.3 is 9.47 Å². The number of aryl methyl sites for hydroxylation is 1. The Labute approximate surface area is 157 Å². The molecular formula is C23H30O3. The lowest BCUT2D eigenvalue weighted by Crippen LogP contribution is -2.09. The molecule has 0 aliphatic rings. The van der Waals surface area contributed by atoms with Crippen LogP contribution in [0.5, 0.6) is 11.5 Å². The highest BCUT2D eigenvalue weighted by Crippen LogP contribution is 2.16. The van der Waals surface area contributed by atoms with Gasteiger partial charge in [-0.05, 0) is 54.8 Å². The molecule has 140 valence electrons. The summed E-state index contributed by atoms with van der Waals surface area (Å²) >= 11 is 0. The van der Waals surface area contributed by atoms with Gasteiger partial charge in [-0.25, -0.2) is 0 Å². The van der Waals surface area contributed by atoms with E-state index >= 15 is 0 Å². The van der Waals surface area contributed by atoms with E-state index < -0.39 is 0 Å². The Morgan fingerprint density at radius 3 is 1.85 bits per heavy atom. The SMILES string of the molecule is CCCCCCCCc1ccc(OCCOc2ccc(C=O)cc2)cc1. The molecule has 0 aliphatic carbocycles. The molecule has 0 spiro atoms. The standard InChI is InChI=1S/C23H30O3/c1-2-3-4-5-6-7-8-20-9-13-22(14-10-20)25-17-18-26-23-15-11-21(19-24)12-16-23/h9-16,19H,2-8,17-18H2,1H3. The van der Waals surface area contributed by atoms with Crippen LogP contribution in [0.15, 0.2) is 48.5 Å². The van der Waals surface area contributed by atoms with E-state index in [4.69, 9.17) is 9.47 Å². The lowest BCUT2D eigenvalue weighted by atomic mass is 10.0. The lowest BCUT2D eigenvalue weighted by molar-refractivity contribution is 0.112. The number of aldehydes is 1. The third-order valence-corrected chi connectivity index (χ3v) is 4.38. The van der Waals surface area contributed by atoms with E-state index in [0.717, 1.165) is 24.2 Å². The van der Waals surface area contributed by atoms with E-state index in [9.17, 15) is 4.79 Å². The summed E-state index contributed by atoms with van der Waals surface area (Å²) in [5.41, 5.74) is 2.02. The van der Waals surface area contributed by atoms with Crippen LogP contribution in [0.4, 0.5) is 0 Å². The van der Waals surface area contributed by atoms with Crippen LogP contribution in [0.25, 0.3) is 0 Å². The summed E-state index contributed by atoms with van der Waals surface area (Å²) in [5, 5.41) is 0. The molecule has 0 bridgehead atoms. The van der Waals surface area contributed by atoms with Crippen molar-refractivity contribution in [2.45, 2.75) is 51.9 Å². The largest absolute Gasteiger partial charge is 0.490 e. The van der Waals surface area contributed by atoms with Crippen molar-refractivity contribution in [1.82, 2.24) is 0 Å². The summed E-state index contributed by atoms with van der Waals surface area (Å²) in [4.78, 5) is 10.6. The van der Waals surface area contributed by atoms with Gasteiger partial charge in [0.1, 0.15) is 31.0 Å². The smallest absolute Gasteiger partial charge is 0.150 e. The minimum atomic E-state index is 0.472. The molecule has 0 saturated heterocycles. The summed E-state index contributed by atoms with van der Waals surface area (Å²) in [7, 11) is 0. The first kappa shape index (κ1) is 20.0. The van der Waals surface area contributed by atoms with Gasteiger partial charge in [-0.15, -0.1) is 0 Å². The molecule has 2 aromatic carbocycles. The number of benzene rings is 2. The molecule has 26 heavy (non-hydrogen) atoms. The second kappa shape index (κ2) is 12.1. The molecule has 0 N–H and O–H groups in total. The van der Waals surface area contributed by atoms with Gasteiger partial charge in [0.05, 0.1) is 0 Å². The van der Waals surface area contributed by atoms with Crippen LogP contribution in [0, 0.1) is 0 Å². The van der Waals surface area contributed by atoms with E-state index in [-0.39, 0.29) is 0 Å². The predicted molar refractivity (Wildman–Crippen MR) is 106 cm³/mol. The van der Waals surface area contributed by atoms with Crippen molar-refractivity contribution < 1.29 is 14.3 Å². The topological polar surface area (TPSA) is 35.5 Å². The second-order valence-corrected chi connectivity index (χ2v) is 6.55. The minimum Gasteiger partial charge on any atom is -0.490 e. The fraction of sp³-hybridized carbons (Fsp3) is 0.435. The molecule has 0 fully saturated rings. The fourth-order valence-electron chi connectivity index (χ4n) is 2.82. The van der Waals surface area contributed by atoms with Crippen molar-refractivity contribution in [3.63, 3.8) is 0 Å². The van der Waals surface area contributed by atoms with Gasteiger partial charge in [0.15, 0.2) is 0 Å². The van der Waals surface area contributed by atoms with Crippen molar-refractivity contribution in [3.05, 3.63) is 59.7 Å². The summed E-state index contributed by atoms with van der Waals surface area (Å²) in [5.74, 6) is 1.62. The number of carbonyl (C=O) groups is 1. The minimum absolute atomic E-state index is 0.472. The second-order valence-electron chi connectivity index (χ2n) is 6.55. The first-order valence-corrected chi connectivity index (χ1v) is 9.71. The Kier molecular flexibility index (Phi) is 9.34. The summed E-state index contributed by atoms with van der Waals surface area (Å²) in [6, 6.07) is 15.4. The molecule has 0 saturated carbocycles. The molecule has 3 heteroatoms. The van der Waals surface area contributed by atoms with Crippen molar-refractivity contribution in [2.75, 3.05) is 13.2 Å². The third-order valence-electron chi connectivity index (χ3n) is 4.38. The van der Waals surface area contributed by atoms with Gasteiger partial charge in [0.2, 0.25) is 0 Å². The summed E-state index contributed by atoms with van der Waals surface area (Å²) in [6.45, 7) is 3.22. The zero-order valence-corrected chi connectivity index (χ0v) is 15.8. The normalized spacial score (nSPS) is 10.5. The van der Waals surface area contributed by atoms with Gasteiger partial charge in [-0.2, -0.15) is 0 Å². The Bertz CT molecular complexity index is 617. The molecule has 2 aromatic rings. The quantitative estimate of drug-likeness (QED) is 0.334. The van der Waals surface area contributed by atoms with E-state index in [1.807, 2.05) is 12.1 Å². The summed E-state index contributed by atoms with van der Waals surface area (Å²) < 4.78 is 11.3. The number of hydrogen-bond donors (Lipinski definition) is 0. The molecule has 3 nitrogen and oxygen atoms in total. The zero-order chi connectivity index (χ0) is 18.5. The Hall–Kier alpha value is -2.29. The molecule has 0 aliphatic heterocycles. The van der Waals surface area contributed by atoms with Crippen molar-refractivity contribution in [1.29, 1.82) is 0 Å². The maximum absolute atomic E-state index is 10.6. The van der Waals surface area contributed by atoms with Gasteiger partial charge in [0, 0.05) is 5.56 Å². The highest BCUT2D eigenvalue weighted by Gasteiger charge is 1.98. The molecule has 0 atom stereocenters. The average molecular weight is 354 g/mol. The lowest BCUT2D eigenvalue weighted by Gasteiger charge is -2.09. The maximum Gasteiger partial charge on any atom is 0.150 e. The Morgan fingerprint density at radius 1 is 0.731 bits per heavy atom. The maximum atomic E-state index is 10.6.